The van der Waals surface area contributed by atoms with Gasteiger partial charge in [-0.2, -0.15) is 9.98 Å². The monoisotopic (exact) mass is 169 g/mol. The summed E-state index contributed by atoms with van der Waals surface area (Å²) in [4.78, 5) is 17.6. The highest BCUT2D eigenvalue weighted by atomic mass is 16.7. The quantitative estimate of drug-likeness (QED) is 0.327. The lowest BCUT2D eigenvalue weighted by atomic mass is 10.2. The second kappa shape index (κ2) is 2.10. The Labute approximate surface area is 68.1 Å². The van der Waals surface area contributed by atoms with Crippen LogP contribution in [0.15, 0.2) is 9.98 Å². The molecular weight excluding hydrogens is 162 g/mol. The molecule has 0 spiro atoms. The fraction of sp³-hybridized carbons (Fsp3) is 0.667. The third kappa shape index (κ3) is 0.781. The molecular formula is C6H7N3O3. The molecule has 2 heterocycles. The van der Waals surface area contributed by atoms with Gasteiger partial charge in [-0.1, -0.05) is 0 Å². The third-order valence-corrected chi connectivity index (χ3v) is 1.96. The summed E-state index contributed by atoms with van der Waals surface area (Å²) < 4.78 is 5.00. The molecule has 2 aliphatic rings. The van der Waals surface area contributed by atoms with Crippen molar-refractivity contribution in [3.8, 4) is 0 Å². The van der Waals surface area contributed by atoms with E-state index in [1.807, 2.05) is 0 Å². The summed E-state index contributed by atoms with van der Waals surface area (Å²) in [5.41, 5.74) is 0. The van der Waals surface area contributed by atoms with Gasteiger partial charge in [-0.15, -0.1) is 0 Å². The Balaban J connectivity index is 2.30. The van der Waals surface area contributed by atoms with Gasteiger partial charge in [0.25, 0.3) is 0 Å². The van der Waals surface area contributed by atoms with Crippen molar-refractivity contribution in [1.82, 2.24) is 0 Å². The molecule has 1 saturated heterocycles. The van der Waals surface area contributed by atoms with Crippen molar-refractivity contribution in [2.75, 3.05) is 0 Å². The Morgan fingerprint density at radius 2 is 2.08 bits per heavy atom. The minimum atomic E-state index is -1.58. The summed E-state index contributed by atoms with van der Waals surface area (Å²) in [5, 5.41) is 10.6. The normalized spacial score (nSPS) is 35.4. The predicted octanol–water partition coefficient (Wildman–Crippen LogP) is -0.141. The minimum absolute atomic E-state index is 0.122. The van der Waals surface area contributed by atoms with E-state index in [1.54, 1.807) is 6.92 Å². The summed E-state index contributed by atoms with van der Waals surface area (Å²) in [7, 11) is 0. The van der Waals surface area contributed by atoms with Crippen molar-refractivity contribution in [3.05, 3.63) is 10.1 Å². The molecule has 2 rings (SSSR count). The highest BCUT2D eigenvalue weighted by molar-refractivity contribution is 6.17. The minimum Gasteiger partial charge on any atom is -0.357 e. The number of nitrogens with zero attached hydrogens (tertiary/aromatic N) is 3. The topological polar surface area (TPSA) is 80.4 Å². The number of epoxide rings is 1. The first-order valence-corrected chi connectivity index (χ1v) is 3.56. The van der Waals surface area contributed by atoms with E-state index >= 15 is 0 Å². The molecule has 0 aliphatic carbocycles. The average molecular weight is 169 g/mol. The van der Waals surface area contributed by atoms with Crippen LogP contribution in [0.25, 0.3) is 0 Å². The first-order chi connectivity index (χ1) is 5.67. The molecule has 1 fully saturated rings. The van der Waals surface area contributed by atoms with Crippen LogP contribution in [-0.4, -0.2) is 35.3 Å². The molecule has 0 aromatic rings. The maximum absolute atomic E-state index is 10.6. The van der Waals surface area contributed by atoms with Crippen molar-refractivity contribution < 1.29 is 9.66 Å². The van der Waals surface area contributed by atoms with Gasteiger partial charge in [-0.05, 0) is 6.92 Å². The molecule has 2 unspecified atom stereocenters. The van der Waals surface area contributed by atoms with Crippen molar-refractivity contribution in [2.24, 2.45) is 9.98 Å². The Morgan fingerprint density at radius 3 is 2.42 bits per heavy atom. The largest absolute Gasteiger partial charge is 0.440 e. The van der Waals surface area contributed by atoms with Gasteiger partial charge in [0.05, 0.1) is 11.0 Å². The number of hydrogen-bond acceptors (Lipinski definition) is 5. The van der Waals surface area contributed by atoms with Crippen LogP contribution in [0.5, 0.6) is 0 Å². The molecule has 2 atom stereocenters. The zero-order chi connectivity index (χ0) is 8.77. The first-order valence-electron chi connectivity index (χ1n) is 3.56. The van der Waals surface area contributed by atoms with Gasteiger partial charge in [0.1, 0.15) is 0 Å². The second-order valence-electron chi connectivity index (χ2n) is 2.76. The van der Waals surface area contributed by atoms with E-state index in [0.29, 0.717) is 0 Å². The molecule has 12 heavy (non-hydrogen) atoms. The molecule has 0 bridgehead atoms. The van der Waals surface area contributed by atoms with Crippen LogP contribution < -0.4 is 0 Å². The van der Waals surface area contributed by atoms with E-state index < -0.39 is 16.8 Å². The molecule has 0 saturated carbocycles. The van der Waals surface area contributed by atoms with Gasteiger partial charge >= 0.3 is 5.79 Å². The standard InChI is InChI=1S/C6H7N3O3/c1-4-5(12-4)6(9(10)11)7-2-3-8-6/h2-5H,1H3. The SMILES string of the molecule is CC1OC1C1([N+](=O)[O-])N=CC=N1. The molecule has 6 nitrogen and oxygen atoms in total. The highest BCUT2D eigenvalue weighted by Crippen LogP contribution is 2.37. The number of nitro groups is 1. The van der Waals surface area contributed by atoms with Gasteiger partial charge < -0.3 is 4.74 Å². The van der Waals surface area contributed by atoms with Crippen molar-refractivity contribution in [2.45, 2.75) is 24.9 Å². The summed E-state index contributed by atoms with van der Waals surface area (Å²) >= 11 is 0. The Hall–Kier alpha value is -1.30. The molecule has 0 aromatic carbocycles. The van der Waals surface area contributed by atoms with Gasteiger partial charge in [-0.25, -0.2) is 0 Å². The zero-order valence-corrected chi connectivity index (χ0v) is 6.38. The number of ether oxygens (including phenoxy) is 1. The second-order valence-corrected chi connectivity index (χ2v) is 2.76. The predicted molar refractivity (Wildman–Crippen MR) is 41.0 cm³/mol. The number of rotatable bonds is 2. The first kappa shape index (κ1) is 7.35. The van der Waals surface area contributed by atoms with Crippen molar-refractivity contribution in [1.29, 1.82) is 0 Å². The van der Waals surface area contributed by atoms with E-state index in [4.69, 9.17) is 4.74 Å². The summed E-state index contributed by atoms with van der Waals surface area (Å²) in [6.45, 7) is 1.76. The third-order valence-electron chi connectivity index (χ3n) is 1.96. The van der Waals surface area contributed by atoms with Gasteiger partial charge in [0.15, 0.2) is 6.10 Å². The van der Waals surface area contributed by atoms with Gasteiger partial charge in [-0.3, -0.25) is 10.1 Å². The molecule has 6 heteroatoms. The lowest BCUT2D eigenvalue weighted by Gasteiger charge is -2.09. The Kier molecular flexibility index (Phi) is 1.29. The van der Waals surface area contributed by atoms with Crippen LogP contribution >= 0.6 is 0 Å². The summed E-state index contributed by atoms with van der Waals surface area (Å²) in [6.07, 6.45) is 2.04. The summed E-state index contributed by atoms with van der Waals surface area (Å²) in [6, 6.07) is 0. The zero-order valence-electron chi connectivity index (χ0n) is 6.38. The Morgan fingerprint density at radius 1 is 1.58 bits per heavy atom. The maximum Gasteiger partial charge on any atom is 0.440 e. The van der Waals surface area contributed by atoms with Crippen LogP contribution in [0.3, 0.4) is 0 Å². The molecule has 0 radical (unpaired) electrons. The highest BCUT2D eigenvalue weighted by Gasteiger charge is 2.63. The fourth-order valence-electron chi connectivity index (χ4n) is 1.26. The number of hydrogen-bond donors (Lipinski definition) is 0. The lowest BCUT2D eigenvalue weighted by Crippen LogP contribution is -2.39. The number of aliphatic imine (C=N–C) groups is 2. The van der Waals surface area contributed by atoms with Crippen LogP contribution in [0.1, 0.15) is 6.92 Å². The van der Waals surface area contributed by atoms with Gasteiger partial charge in [0, 0.05) is 12.4 Å². The van der Waals surface area contributed by atoms with Crippen molar-refractivity contribution in [3.63, 3.8) is 0 Å². The van der Waals surface area contributed by atoms with E-state index in [-0.39, 0.29) is 6.10 Å². The smallest absolute Gasteiger partial charge is 0.357 e. The van der Waals surface area contributed by atoms with Crippen LogP contribution in [0, 0.1) is 10.1 Å². The van der Waals surface area contributed by atoms with Gasteiger partial charge in [0.2, 0.25) is 0 Å². The molecule has 2 aliphatic heterocycles. The Bertz CT molecular complexity index is 274. The molecule has 0 N–H and O–H groups in total. The van der Waals surface area contributed by atoms with E-state index in [1.165, 1.54) is 12.4 Å². The van der Waals surface area contributed by atoms with E-state index in [0.717, 1.165) is 0 Å². The van der Waals surface area contributed by atoms with Crippen LogP contribution in [0.4, 0.5) is 0 Å². The van der Waals surface area contributed by atoms with E-state index in [2.05, 4.69) is 9.98 Å². The molecule has 0 amide bonds. The summed E-state index contributed by atoms with van der Waals surface area (Å²) in [5.74, 6) is -1.58. The average Bonchev–Trinajstić information content (AvgIpc) is 2.60. The fourth-order valence-corrected chi connectivity index (χ4v) is 1.26. The van der Waals surface area contributed by atoms with E-state index in [9.17, 15) is 10.1 Å². The molecule has 64 valence electrons. The maximum atomic E-state index is 10.6. The van der Waals surface area contributed by atoms with Crippen LogP contribution in [0.2, 0.25) is 0 Å². The van der Waals surface area contributed by atoms with Crippen molar-refractivity contribution >= 4 is 12.4 Å². The molecule has 0 aromatic heterocycles. The lowest BCUT2D eigenvalue weighted by molar-refractivity contribution is -0.568. The van der Waals surface area contributed by atoms with Crippen LogP contribution in [-0.2, 0) is 4.74 Å².